The lowest BCUT2D eigenvalue weighted by Crippen LogP contribution is -2.31. The van der Waals surface area contributed by atoms with Crippen LogP contribution >= 0.6 is 27.7 Å². The Morgan fingerprint density at radius 2 is 1.76 bits per heavy atom. The summed E-state index contributed by atoms with van der Waals surface area (Å²) in [4.78, 5) is 27.3. The van der Waals surface area contributed by atoms with Gasteiger partial charge in [-0.15, -0.1) is 0 Å². The van der Waals surface area contributed by atoms with Gasteiger partial charge in [0, 0.05) is 26.5 Å². The van der Waals surface area contributed by atoms with Crippen molar-refractivity contribution in [3.05, 3.63) is 90.6 Å². The molecular weight excluding hydrogens is 571 g/mol. The molecule has 190 valence electrons. The summed E-state index contributed by atoms with van der Waals surface area (Å²) >= 11 is 4.36. The van der Waals surface area contributed by atoms with Gasteiger partial charge in [0.15, 0.2) is 5.75 Å². The maximum absolute atomic E-state index is 13.9. The molecule has 6 rings (SSSR count). The molecule has 1 N–H and O–H groups in total. The molecule has 0 saturated heterocycles. The highest BCUT2D eigenvalue weighted by molar-refractivity contribution is 9.10. The van der Waals surface area contributed by atoms with Crippen LogP contribution < -0.4 is 11.2 Å². The number of hydrogen-bond acceptors (Lipinski definition) is 5. The first-order chi connectivity index (χ1) is 17.6. The maximum Gasteiger partial charge on any atom is 0.416 e. The normalized spacial score (nSPS) is 16.2. The fourth-order valence-electron chi connectivity index (χ4n) is 5.67. The Morgan fingerprint density at radius 3 is 2.46 bits per heavy atom. The Kier molecular flexibility index (Phi) is 5.61. The fraction of sp³-hybridized carbons (Fsp3) is 0.259. The number of alkyl halides is 3. The Bertz CT molecular complexity index is 1700. The largest absolute Gasteiger partial charge is 0.505 e. The van der Waals surface area contributed by atoms with E-state index in [9.17, 15) is 27.9 Å². The van der Waals surface area contributed by atoms with Gasteiger partial charge in [-0.25, -0.2) is 4.79 Å². The predicted octanol–water partition coefficient (Wildman–Crippen LogP) is 7.15. The Balaban J connectivity index is 1.63. The van der Waals surface area contributed by atoms with Crippen LogP contribution in [0, 0.1) is 0 Å². The number of fused-ring (bicyclic) bond motifs is 6. The topological polar surface area (TPSA) is 72.4 Å². The van der Waals surface area contributed by atoms with Crippen molar-refractivity contribution in [3.8, 4) is 11.4 Å². The molecule has 3 heterocycles. The van der Waals surface area contributed by atoms with Gasteiger partial charge < -0.3 is 9.52 Å². The minimum absolute atomic E-state index is 0.0796. The number of pyridine rings is 1. The van der Waals surface area contributed by atoms with Crippen molar-refractivity contribution in [2.45, 2.75) is 53.5 Å². The molecule has 1 aliphatic carbocycles. The Hall–Kier alpha value is -2.98. The lowest BCUT2D eigenvalue weighted by Gasteiger charge is -2.35. The molecule has 10 heteroatoms. The summed E-state index contributed by atoms with van der Waals surface area (Å²) in [7, 11) is 0. The predicted molar refractivity (Wildman–Crippen MR) is 137 cm³/mol. The molecule has 1 saturated carbocycles. The molecule has 2 aromatic carbocycles. The maximum atomic E-state index is 13.9. The first kappa shape index (κ1) is 24.4. The molecule has 0 unspecified atom stereocenters. The van der Waals surface area contributed by atoms with Crippen LogP contribution in [0.1, 0.15) is 48.9 Å². The van der Waals surface area contributed by atoms with Crippen molar-refractivity contribution in [1.29, 1.82) is 0 Å². The summed E-state index contributed by atoms with van der Waals surface area (Å²) in [5.74, 6) is -0.509. The molecule has 0 atom stereocenters. The lowest BCUT2D eigenvalue weighted by atomic mass is 9.68. The minimum atomic E-state index is -4.53. The molecule has 0 amide bonds. The van der Waals surface area contributed by atoms with Crippen molar-refractivity contribution < 1.29 is 22.7 Å². The van der Waals surface area contributed by atoms with E-state index in [2.05, 4.69) is 15.9 Å². The molecule has 1 spiro atoms. The summed E-state index contributed by atoms with van der Waals surface area (Å²) in [6, 6.07) is 12.1. The zero-order valence-electron chi connectivity index (χ0n) is 19.2. The van der Waals surface area contributed by atoms with Crippen LogP contribution in [-0.4, -0.2) is 9.67 Å². The molecule has 0 bridgehead atoms. The number of rotatable bonds is 2. The third-order valence-corrected chi connectivity index (χ3v) is 9.43. The summed E-state index contributed by atoms with van der Waals surface area (Å²) < 4.78 is 48.6. The zero-order chi connectivity index (χ0) is 26.1. The Labute approximate surface area is 221 Å². The number of benzene rings is 2. The number of hydrogen-bond donors (Lipinski definition) is 1. The van der Waals surface area contributed by atoms with Gasteiger partial charge in [-0.05, 0) is 64.7 Å². The van der Waals surface area contributed by atoms with Crippen LogP contribution in [0.15, 0.2) is 76.8 Å². The zero-order valence-corrected chi connectivity index (χ0v) is 21.6. The first-order valence-corrected chi connectivity index (χ1v) is 13.3. The second kappa shape index (κ2) is 8.52. The summed E-state index contributed by atoms with van der Waals surface area (Å²) in [5.41, 5.74) is -1.80. The standard InChI is InChI=1S/C27H19BrF3NO4S/c28-16-6-2-3-7-19(16)37-23-22(33)21-18(36-25(23)35)13-20-26(10-4-1-5-11-26)15-12-14(27(29,30)31)8-9-17(15)32(20)24(21)34/h2-3,6-9,12-13,33H,1,4-5,10-11H2. The molecule has 2 aromatic heterocycles. The summed E-state index contributed by atoms with van der Waals surface area (Å²) in [6.07, 6.45) is -0.869. The summed E-state index contributed by atoms with van der Waals surface area (Å²) in [5, 5.41) is 11.0. The minimum Gasteiger partial charge on any atom is -0.505 e. The van der Waals surface area contributed by atoms with Crippen LogP contribution in [-0.2, 0) is 11.6 Å². The van der Waals surface area contributed by atoms with E-state index in [-0.39, 0.29) is 15.9 Å². The highest BCUT2D eigenvalue weighted by Crippen LogP contribution is 2.53. The second-order valence-electron chi connectivity index (χ2n) is 9.38. The van der Waals surface area contributed by atoms with Gasteiger partial charge in [-0.2, -0.15) is 13.2 Å². The molecule has 5 nitrogen and oxygen atoms in total. The number of halogens is 4. The molecular formula is C27H19BrF3NO4S. The van der Waals surface area contributed by atoms with Crippen LogP contribution in [0.3, 0.4) is 0 Å². The average molecular weight is 590 g/mol. The van der Waals surface area contributed by atoms with E-state index in [0.717, 1.165) is 43.2 Å². The molecule has 1 fully saturated rings. The molecule has 0 radical (unpaired) electrons. The van der Waals surface area contributed by atoms with Crippen molar-refractivity contribution in [3.63, 3.8) is 0 Å². The van der Waals surface area contributed by atoms with E-state index in [1.54, 1.807) is 30.3 Å². The van der Waals surface area contributed by atoms with Crippen molar-refractivity contribution >= 4 is 38.7 Å². The van der Waals surface area contributed by atoms with Crippen molar-refractivity contribution in [2.24, 2.45) is 0 Å². The molecule has 4 aromatic rings. The van der Waals surface area contributed by atoms with E-state index >= 15 is 0 Å². The number of nitrogens with zero attached hydrogens (tertiary/aromatic N) is 1. The van der Waals surface area contributed by atoms with Gasteiger partial charge in [0.1, 0.15) is 15.9 Å². The van der Waals surface area contributed by atoms with E-state index in [4.69, 9.17) is 4.42 Å². The van der Waals surface area contributed by atoms with Crippen molar-refractivity contribution in [2.75, 3.05) is 0 Å². The van der Waals surface area contributed by atoms with Gasteiger partial charge >= 0.3 is 11.8 Å². The number of aromatic hydroxyl groups is 1. The van der Waals surface area contributed by atoms with Crippen LogP contribution in [0.2, 0.25) is 0 Å². The van der Waals surface area contributed by atoms with Gasteiger partial charge in [0.05, 0.1) is 11.3 Å². The molecule has 1 aliphatic heterocycles. The molecule has 2 aliphatic rings. The smallest absolute Gasteiger partial charge is 0.416 e. The van der Waals surface area contributed by atoms with Crippen LogP contribution in [0.4, 0.5) is 13.2 Å². The van der Waals surface area contributed by atoms with Crippen molar-refractivity contribution in [1.82, 2.24) is 4.57 Å². The van der Waals surface area contributed by atoms with Gasteiger partial charge in [0.2, 0.25) is 0 Å². The van der Waals surface area contributed by atoms with Crippen LogP contribution in [0.25, 0.3) is 16.7 Å². The second-order valence-corrected chi connectivity index (χ2v) is 11.3. The van der Waals surface area contributed by atoms with Gasteiger partial charge in [-0.1, -0.05) is 43.2 Å². The van der Waals surface area contributed by atoms with E-state index < -0.39 is 34.1 Å². The number of aromatic nitrogens is 1. The fourth-order valence-corrected chi connectivity index (χ4v) is 7.05. The SMILES string of the molecule is O=c1oc2cc3n(c(=O)c2c(O)c1Sc1ccccc1Br)-c1ccc(C(F)(F)F)cc1C31CCCCC1. The van der Waals surface area contributed by atoms with E-state index in [0.29, 0.717) is 39.2 Å². The first-order valence-electron chi connectivity index (χ1n) is 11.7. The van der Waals surface area contributed by atoms with Crippen LogP contribution in [0.5, 0.6) is 5.75 Å². The van der Waals surface area contributed by atoms with E-state index in [1.807, 2.05) is 0 Å². The lowest BCUT2D eigenvalue weighted by molar-refractivity contribution is -0.137. The highest BCUT2D eigenvalue weighted by atomic mass is 79.9. The average Bonchev–Trinajstić information content (AvgIpc) is 3.11. The summed E-state index contributed by atoms with van der Waals surface area (Å²) in [6.45, 7) is 0. The highest BCUT2D eigenvalue weighted by Gasteiger charge is 2.47. The molecule has 37 heavy (non-hydrogen) atoms. The van der Waals surface area contributed by atoms with Gasteiger partial charge in [-0.3, -0.25) is 9.36 Å². The van der Waals surface area contributed by atoms with Gasteiger partial charge in [0.25, 0.3) is 5.56 Å². The Morgan fingerprint density at radius 1 is 1.03 bits per heavy atom. The third-order valence-electron chi connectivity index (χ3n) is 7.34. The monoisotopic (exact) mass is 589 g/mol. The third kappa shape index (κ3) is 3.67. The van der Waals surface area contributed by atoms with E-state index in [1.165, 1.54) is 10.6 Å². The quantitative estimate of drug-likeness (QED) is 0.269.